The molecule has 0 spiro atoms. The molecular weight excluding hydrogens is 260 g/mol. The van der Waals surface area contributed by atoms with Gasteiger partial charge < -0.3 is 10.2 Å². The molecule has 5 heteroatoms. The van der Waals surface area contributed by atoms with Crippen LogP contribution >= 0.6 is 0 Å². The molecule has 114 valence electrons. The molecule has 0 aromatic heterocycles. The summed E-state index contributed by atoms with van der Waals surface area (Å²) in [5.41, 5.74) is -0.571. The predicted octanol–water partition coefficient (Wildman–Crippen LogP) is 3.04. The Labute approximate surface area is 119 Å². The van der Waals surface area contributed by atoms with E-state index < -0.39 is 17.4 Å². The fourth-order valence-electron chi connectivity index (χ4n) is 1.55. The summed E-state index contributed by atoms with van der Waals surface area (Å²) in [6.07, 6.45) is 8.56. The number of Topliss-reactive ketones (excluding diaryl/α,β-unsaturated/α-hetero) is 1. The van der Waals surface area contributed by atoms with Gasteiger partial charge in [0.2, 0.25) is 0 Å². The summed E-state index contributed by atoms with van der Waals surface area (Å²) in [5.74, 6) is -2.26. The first kappa shape index (κ1) is 18.4. The van der Waals surface area contributed by atoms with E-state index in [1.807, 2.05) is 0 Å². The largest absolute Gasteiger partial charge is 0.480 e. The van der Waals surface area contributed by atoms with Gasteiger partial charge in [-0.05, 0) is 38.7 Å². The Morgan fingerprint density at radius 2 is 1.75 bits per heavy atom. The van der Waals surface area contributed by atoms with Crippen molar-refractivity contribution in [2.45, 2.75) is 59.3 Å². The number of hydrogen-bond donors (Lipinski definition) is 2. The molecule has 2 N–H and O–H groups in total. The molecule has 0 saturated heterocycles. The van der Waals surface area contributed by atoms with Gasteiger partial charge in [0.25, 0.3) is 0 Å². The number of carbonyl (C=O) groups is 3. The van der Waals surface area contributed by atoms with Gasteiger partial charge in [0.05, 0.1) is 0 Å². The molecule has 0 heterocycles. The first-order chi connectivity index (χ1) is 9.23. The molecule has 0 aromatic carbocycles. The van der Waals surface area contributed by atoms with Crippen molar-refractivity contribution in [2.24, 2.45) is 5.41 Å². The third-order valence-electron chi connectivity index (χ3n) is 3.24. The molecule has 0 aliphatic heterocycles. The maximum Gasteiger partial charge on any atom is 0.320 e. The van der Waals surface area contributed by atoms with Crippen molar-refractivity contribution < 1.29 is 24.6 Å². The van der Waals surface area contributed by atoms with Crippen molar-refractivity contribution in [3.05, 3.63) is 11.6 Å². The van der Waals surface area contributed by atoms with Crippen molar-refractivity contribution in [3.63, 3.8) is 0 Å². The smallest absolute Gasteiger partial charge is 0.320 e. The molecule has 0 unspecified atom stereocenters. The molecule has 0 amide bonds. The summed E-state index contributed by atoms with van der Waals surface area (Å²) in [5, 5.41) is 16.5. The van der Waals surface area contributed by atoms with Crippen molar-refractivity contribution in [3.8, 4) is 0 Å². The van der Waals surface area contributed by atoms with Crippen molar-refractivity contribution >= 4 is 17.7 Å². The van der Waals surface area contributed by atoms with E-state index in [2.05, 4.69) is 13.0 Å². The van der Waals surface area contributed by atoms with Gasteiger partial charge in [0.1, 0.15) is 0 Å². The number of hydrogen-bond acceptors (Lipinski definition) is 3. The first-order valence-electron chi connectivity index (χ1n) is 6.92. The molecule has 0 aromatic rings. The third kappa shape index (κ3) is 5.99. The normalized spacial score (nSPS) is 14.3. The number of unbranched alkanes of at least 4 members (excludes halogenated alkanes) is 2. The Hall–Kier alpha value is -1.65. The van der Waals surface area contributed by atoms with E-state index in [1.54, 1.807) is 0 Å². The molecule has 1 aliphatic rings. The van der Waals surface area contributed by atoms with E-state index in [4.69, 9.17) is 10.2 Å². The Balaban J connectivity index is 0.000000370. The lowest BCUT2D eigenvalue weighted by atomic mass is 9.95. The van der Waals surface area contributed by atoms with Crippen LogP contribution in [0.3, 0.4) is 0 Å². The quantitative estimate of drug-likeness (QED) is 0.577. The van der Waals surface area contributed by atoms with Gasteiger partial charge in [0.15, 0.2) is 11.2 Å². The molecular formula is C15H24O5. The minimum absolute atomic E-state index is 0.390. The molecule has 1 aliphatic carbocycles. The van der Waals surface area contributed by atoms with E-state index in [-0.39, 0.29) is 0 Å². The maximum absolute atomic E-state index is 11.1. The summed E-state index contributed by atoms with van der Waals surface area (Å²) in [6, 6.07) is 0. The number of carbonyl (C=O) groups excluding carboxylic acids is 1. The van der Waals surface area contributed by atoms with Gasteiger partial charge >= 0.3 is 11.9 Å². The SMILES string of the molecule is CC(C)(C(=O)O)C(=O)O.CCCCCC1=CCCC1=O. The molecule has 0 saturated carbocycles. The molecule has 20 heavy (non-hydrogen) atoms. The number of aliphatic carboxylic acids is 2. The van der Waals surface area contributed by atoms with Crippen LogP contribution in [0.1, 0.15) is 59.3 Å². The lowest BCUT2D eigenvalue weighted by Crippen LogP contribution is -2.32. The van der Waals surface area contributed by atoms with Gasteiger partial charge in [-0.3, -0.25) is 14.4 Å². The van der Waals surface area contributed by atoms with Crippen molar-refractivity contribution in [2.75, 3.05) is 0 Å². The standard InChI is InChI=1S/C10H16O.C5H8O4/c1-2-3-4-6-9-7-5-8-10(9)11;1-5(2,3(6)7)4(8)9/h7H,2-6,8H2,1H3;1-2H3,(H,6,7)(H,8,9). The highest BCUT2D eigenvalue weighted by molar-refractivity contribution is 5.97. The average molecular weight is 284 g/mol. The first-order valence-corrected chi connectivity index (χ1v) is 6.92. The Morgan fingerprint density at radius 3 is 2.05 bits per heavy atom. The molecule has 5 nitrogen and oxygen atoms in total. The lowest BCUT2D eigenvalue weighted by molar-refractivity contribution is -0.161. The van der Waals surface area contributed by atoms with Crippen LogP contribution in [-0.2, 0) is 14.4 Å². The second-order valence-corrected chi connectivity index (χ2v) is 5.38. The minimum atomic E-state index is -1.67. The maximum atomic E-state index is 11.1. The van der Waals surface area contributed by atoms with E-state index in [0.717, 1.165) is 38.7 Å². The molecule has 0 fully saturated rings. The Kier molecular flexibility index (Phi) is 7.80. The minimum Gasteiger partial charge on any atom is -0.480 e. The van der Waals surface area contributed by atoms with E-state index in [9.17, 15) is 14.4 Å². The summed E-state index contributed by atoms with van der Waals surface area (Å²) in [4.78, 5) is 31.3. The molecule has 0 atom stereocenters. The number of rotatable bonds is 6. The number of carboxylic acid groups (broad SMARTS) is 2. The zero-order valence-corrected chi connectivity index (χ0v) is 12.4. The van der Waals surface area contributed by atoms with Crippen LogP contribution in [0.5, 0.6) is 0 Å². The summed E-state index contributed by atoms with van der Waals surface area (Å²) >= 11 is 0. The zero-order chi connectivity index (χ0) is 15.8. The van der Waals surface area contributed by atoms with Crippen LogP contribution in [0.2, 0.25) is 0 Å². The Morgan fingerprint density at radius 1 is 1.20 bits per heavy atom. The zero-order valence-electron chi connectivity index (χ0n) is 12.4. The predicted molar refractivity (Wildman–Crippen MR) is 75.5 cm³/mol. The summed E-state index contributed by atoms with van der Waals surface area (Å²) in [7, 11) is 0. The van der Waals surface area contributed by atoms with Crippen LogP contribution in [0.4, 0.5) is 0 Å². The number of carboxylic acids is 2. The van der Waals surface area contributed by atoms with Crippen LogP contribution < -0.4 is 0 Å². The van der Waals surface area contributed by atoms with Crippen LogP contribution in [-0.4, -0.2) is 27.9 Å². The van der Waals surface area contributed by atoms with Gasteiger partial charge in [-0.25, -0.2) is 0 Å². The molecule has 0 bridgehead atoms. The molecule has 0 radical (unpaired) electrons. The number of ketones is 1. The Bertz CT molecular complexity index is 377. The van der Waals surface area contributed by atoms with Crippen molar-refractivity contribution in [1.29, 1.82) is 0 Å². The topological polar surface area (TPSA) is 91.7 Å². The third-order valence-corrected chi connectivity index (χ3v) is 3.24. The number of allylic oxidation sites excluding steroid dienone is 2. The summed E-state index contributed by atoms with van der Waals surface area (Å²) in [6.45, 7) is 4.46. The highest BCUT2D eigenvalue weighted by Crippen LogP contribution is 2.19. The monoisotopic (exact) mass is 284 g/mol. The lowest BCUT2D eigenvalue weighted by Gasteiger charge is -2.10. The van der Waals surface area contributed by atoms with E-state index >= 15 is 0 Å². The molecule has 1 rings (SSSR count). The summed E-state index contributed by atoms with van der Waals surface area (Å²) < 4.78 is 0. The highest BCUT2D eigenvalue weighted by atomic mass is 16.4. The van der Waals surface area contributed by atoms with Gasteiger partial charge in [-0.1, -0.05) is 25.8 Å². The van der Waals surface area contributed by atoms with Gasteiger partial charge in [0, 0.05) is 6.42 Å². The second kappa shape index (κ2) is 8.51. The van der Waals surface area contributed by atoms with E-state index in [0.29, 0.717) is 5.78 Å². The van der Waals surface area contributed by atoms with E-state index in [1.165, 1.54) is 19.3 Å². The fourth-order valence-corrected chi connectivity index (χ4v) is 1.55. The van der Waals surface area contributed by atoms with Crippen LogP contribution in [0, 0.1) is 5.41 Å². The average Bonchev–Trinajstić information content (AvgIpc) is 2.76. The van der Waals surface area contributed by atoms with Gasteiger partial charge in [-0.15, -0.1) is 0 Å². The van der Waals surface area contributed by atoms with Crippen LogP contribution in [0.15, 0.2) is 11.6 Å². The second-order valence-electron chi connectivity index (χ2n) is 5.38. The fraction of sp³-hybridized carbons (Fsp3) is 0.667. The highest BCUT2D eigenvalue weighted by Gasteiger charge is 2.35. The van der Waals surface area contributed by atoms with Gasteiger partial charge in [-0.2, -0.15) is 0 Å². The van der Waals surface area contributed by atoms with Crippen molar-refractivity contribution in [1.82, 2.24) is 0 Å². The van der Waals surface area contributed by atoms with Crippen LogP contribution in [0.25, 0.3) is 0 Å².